The Kier molecular flexibility index (Phi) is 4.20. The maximum absolute atomic E-state index is 11.5. The molecule has 7 heteroatoms. The summed E-state index contributed by atoms with van der Waals surface area (Å²) in [5.41, 5.74) is 12.1. The van der Waals surface area contributed by atoms with Crippen molar-refractivity contribution in [3.8, 4) is 16.8 Å². The Morgan fingerprint density at radius 1 is 1.10 bits per heavy atom. The lowest BCUT2D eigenvalue weighted by molar-refractivity contribution is -0.121. The second-order valence-corrected chi connectivity index (χ2v) is 7.27. The van der Waals surface area contributed by atoms with Crippen LogP contribution >= 0.6 is 0 Å². The zero-order chi connectivity index (χ0) is 19.8. The molecule has 0 aliphatic heterocycles. The summed E-state index contributed by atoms with van der Waals surface area (Å²) in [5, 5.41) is 12.4. The number of amides is 1. The number of allylic oxidation sites excluding steroid dienone is 2. The number of nitrogens with two attached hydrogens (primary N) is 1. The number of hydrogen-bond donors (Lipinski definition) is 1. The Bertz CT molecular complexity index is 1200. The first-order chi connectivity index (χ1) is 14.2. The summed E-state index contributed by atoms with van der Waals surface area (Å²) in [7, 11) is 0. The van der Waals surface area contributed by atoms with Crippen LogP contribution in [0.4, 0.5) is 0 Å². The Balaban J connectivity index is 1.55. The van der Waals surface area contributed by atoms with Crippen molar-refractivity contribution in [2.24, 2.45) is 11.7 Å². The Morgan fingerprint density at radius 2 is 1.97 bits per heavy atom. The fourth-order valence-corrected chi connectivity index (χ4v) is 3.99. The molecule has 1 aliphatic rings. The van der Waals surface area contributed by atoms with Crippen LogP contribution in [-0.2, 0) is 4.79 Å². The van der Waals surface area contributed by atoms with Crippen molar-refractivity contribution in [3.05, 3.63) is 72.8 Å². The van der Waals surface area contributed by atoms with E-state index in [9.17, 15) is 4.79 Å². The van der Waals surface area contributed by atoms with E-state index in [4.69, 9.17) is 5.73 Å². The summed E-state index contributed by atoms with van der Waals surface area (Å²) in [6.45, 7) is 0. The maximum Gasteiger partial charge on any atom is 0.220 e. The van der Waals surface area contributed by atoms with Gasteiger partial charge in [-0.3, -0.25) is 4.79 Å². The molecule has 7 nitrogen and oxygen atoms in total. The number of fused-ring (bicyclic) bond motifs is 1. The summed E-state index contributed by atoms with van der Waals surface area (Å²) in [6, 6.07) is 12.3. The molecule has 2 N–H and O–H groups in total. The number of pyridine rings is 1. The van der Waals surface area contributed by atoms with Crippen LogP contribution in [0.3, 0.4) is 0 Å². The predicted molar refractivity (Wildman–Crippen MR) is 110 cm³/mol. The highest BCUT2D eigenvalue weighted by molar-refractivity contribution is 5.91. The lowest BCUT2D eigenvalue weighted by Gasteiger charge is -2.20. The van der Waals surface area contributed by atoms with Gasteiger partial charge in [0.25, 0.3) is 0 Å². The van der Waals surface area contributed by atoms with Gasteiger partial charge < -0.3 is 5.73 Å². The molecule has 0 fully saturated rings. The summed E-state index contributed by atoms with van der Waals surface area (Å²) in [5.74, 6) is -0.275. The first-order valence-corrected chi connectivity index (χ1v) is 9.63. The lowest BCUT2D eigenvalue weighted by atomic mass is 9.85. The number of aromatic nitrogens is 5. The van der Waals surface area contributed by atoms with Crippen LogP contribution in [0.2, 0.25) is 0 Å². The summed E-state index contributed by atoms with van der Waals surface area (Å²) in [4.78, 5) is 11.5. The van der Waals surface area contributed by atoms with Crippen LogP contribution in [0.1, 0.15) is 24.8 Å². The van der Waals surface area contributed by atoms with Gasteiger partial charge in [-0.2, -0.15) is 5.10 Å². The summed E-state index contributed by atoms with van der Waals surface area (Å²) in [6.07, 6.45) is 11.8. The fourth-order valence-electron chi connectivity index (χ4n) is 3.99. The second-order valence-electron chi connectivity index (χ2n) is 7.27. The average Bonchev–Trinajstić information content (AvgIpc) is 3.44. The van der Waals surface area contributed by atoms with E-state index < -0.39 is 0 Å². The minimum absolute atomic E-state index is 0.0628. The first kappa shape index (κ1) is 17.4. The van der Waals surface area contributed by atoms with Gasteiger partial charge in [0.1, 0.15) is 0 Å². The number of carbonyl (C=O) groups is 1. The number of rotatable bonds is 4. The van der Waals surface area contributed by atoms with E-state index in [-0.39, 0.29) is 11.8 Å². The molecule has 0 saturated carbocycles. The smallest absolute Gasteiger partial charge is 0.220 e. The maximum atomic E-state index is 11.5. The van der Waals surface area contributed by atoms with Crippen molar-refractivity contribution >= 4 is 17.0 Å². The number of nitrogens with zero attached hydrogens (tertiary/aromatic N) is 5. The molecular weight excluding hydrogens is 364 g/mol. The lowest BCUT2D eigenvalue weighted by Crippen LogP contribution is -2.24. The molecule has 1 unspecified atom stereocenters. The molecule has 0 radical (unpaired) electrons. The molecule has 1 atom stereocenters. The highest BCUT2D eigenvalue weighted by Gasteiger charge is 2.22. The van der Waals surface area contributed by atoms with Gasteiger partial charge in [0.15, 0.2) is 0 Å². The zero-order valence-electron chi connectivity index (χ0n) is 15.8. The van der Waals surface area contributed by atoms with E-state index in [1.54, 1.807) is 10.9 Å². The Morgan fingerprint density at radius 3 is 2.66 bits per heavy atom. The van der Waals surface area contributed by atoms with Crippen molar-refractivity contribution < 1.29 is 4.79 Å². The van der Waals surface area contributed by atoms with Crippen LogP contribution in [0.25, 0.3) is 27.9 Å². The first-order valence-electron chi connectivity index (χ1n) is 9.63. The largest absolute Gasteiger partial charge is 0.369 e. The highest BCUT2D eigenvalue weighted by Crippen LogP contribution is 2.36. The molecule has 4 aromatic rings. The second kappa shape index (κ2) is 7.01. The fraction of sp³-hybridized carbons (Fsp3) is 0.182. The van der Waals surface area contributed by atoms with Crippen LogP contribution < -0.4 is 5.73 Å². The van der Waals surface area contributed by atoms with Crippen molar-refractivity contribution in [2.75, 3.05) is 0 Å². The molecule has 29 heavy (non-hydrogen) atoms. The minimum Gasteiger partial charge on any atom is -0.369 e. The third kappa shape index (κ3) is 3.10. The quantitative estimate of drug-likeness (QED) is 0.585. The normalized spacial score (nSPS) is 16.7. The average molecular weight is 384 g/mol. The topological polar surface area (TPSA) is 91.1 Å². The number of benzene rings is 1. The SMILES string of the molecule is NC(=O)C1CC=C(c2cccn3ncc(-c4ccc(-n5ccnn5)cc4)c23)CC1. The summed E-state index contributed by atoms with van der Waals surface area (Å²) >= 11 is 0. The predicted octanol–water partition coefficient (Wildman–Crippen LogP) is 3.25. The summed E-state index contributed by atoms with van der Waals surface area (Å²) < 4.78 is 3.64. The van der Waals surface area contributed by atoms with Gasteiger partial charge in [0.05, 0.1) is 29.8 Å². The zero-order valence-corrected chi connectivity index (χ0v) is 15.8. The molecule has 3 aromatic heterocycles. The molecule has 5 rings (SSSR count). The molecule has 0 bridgehead atoms. The van der Waals surface area contributed by atoms with Gasteiger partial charge in [-0.05, 0) is 48.6 Å². The molecule has 3 heterocycles. The van der Waals surface area contributed by atoms with Gasteiger partial charge in [-0.15, -0.1) is 5.10 Å². The van der Waals surface area contributed by atoms with Gasteiger partial charge >= 0.3 is 0 Å². The molecule has 0 saturated heterocycles. The molecule has 0 spiro atoms. The molecule has 1 aromatic carbocycles. The van der Waals surface area contributed by atoms with Crippen LogP contribution in [0.5, 0.6) is 0 Å². The van der Waals surface area contributed by atoms with E-state index in [1.807, 2.05) is 41.3 Å². The standard InChI is InChI=1S/C22H20N6O/c23-22(29)17-5-3-15(4-6-17)19-2-1-12-28-21(19)20(14-25-28)16-7-9-18(10-8-16)27-13-11-24-26-27/h1-3,7-14,17H,4-6H2,(H2,23,29). The molecular formula is C22H20N6O. The van der Waals surface area contributed by atoms with Crippen molar-refractivity contribution in [3.63, 3.8) is 0 Å². The molecule has 144 valence electrons. The van der Waals surface area contributed by atoms with Crippen LogP contribution in [0, 0.1) is 5.92 Å². The molecule has 1 amide bonds. The molecule has 1 aliphatic carbocycles. The monoisotopic (exact) mass is 384 g/mol. The van der Waals surface area contributed by atoms with Crippen molar-refractivity contribution in [1.29, 1.82) is 0 Å². The van der Waals surface area contributed by atoms with E-state index in [1.165, 1.54) is 5.57 Å². The van der Waals surface area contributed by atoms with Crippen LogP contribution in [-0.4, -0.2) is 30.5 Å². The van der Waals surface area contributed by atoms with E-state index >= 15 is 0 Å². The van der Waals surface area contributed by atoms with Crippen LogP contribution in [0.15, 0.2) is 67.3 Å². The van der Waals surface area contributed by atoms with E-state index in [0.29, 0.717) is 6.42 Å². The number of carbonyl (C=O) groups excluding carboxylic acids is 1. The van der Waals surface area contributed by atoms with E-state index in [0.717, 1.165) is 40.7 Å². The Hall–Kier alpha value is -3.74. The van der Waals surface area contributed by atoms with Gasteiger partial charge in [-0.1, -0.05) is 29.5 Å². The Labute approximate surface area is 167 Å². The van der Waals surface area contributed by atoms with Gasteiger partial charge in [0.2, 0.25) is 5.91 Å². The number of hydrogen-bond acceptors (Lipinski definition) is 4. The third-order valence-electron chi connectivity index (χ3n) is 5.57. The van der Waals surface area contributed by atoms with E-state index in [2.05, 4.69) is 39.7 Å². The van der Waals surface area contributed by atoms with Crippen molar-refractivity contribution in [1.82, 2.24) is 24.6 Å². The minimum atomic E-state index is -0.212. The highest BCUT2D eigenvalue weighted by atomic mass is 16.1. The van der Waals surface area contributed by atoms with Crippen molar-refractivity contribution in [2.45, 2.75) is 19.3 Å². The van der Waals surface area contributed by atoms with Gasteiger partial charge in [-0.25, -0.2) is 9.20 Å². The van der Waals surface area contributed by atoms with Gasteiger partial charge in [0, 0.05) is 23.2 Å². The number of primary amides is 1. The third-order valence-corrected chi connectivity index (χ3v) is 5.57.